The lowest BCUT2D eigenvalue weighted by molar-refractivity contribution is -0.119. The van der Waals surface area contributed by atoms with E-state index in [0.29, 0.717) is 6.42 Å². The lowest BCUT2D eigenvalue weighted by atomic mass is 10.0. The molecule has 0 heterocycles. The third-order valence-electron chi connectivity index (χ3n) is 2.46. The third-order valence-corrected chi connectivity index (χ3v) is 2.46. The Morgan fingerprint density at radius 3 is 2.56 bits per heavy atom. The van der Waals surface area contributed by atoms with Gasteiger partial charge in [0.05, 0.1) is 6.04 Å². The standard InChI is InChI=1S/C13H16N2O/c1-4-10-5-7-11(8-6-10)9-12(14-2)13(16)15-3/h4-8,12,14H,1,3,9H2,2H3. The number of hydrogen-bond acceptors (Lipinski definition) is 2. The third kappa shape index (κ3) is 3.14. The predicted octanol–water partition coefficient (Wildman–Crippen LogP) is 1.69. The first kappa shape index (κ1) is 12.3. The lowest BCUT2D eigenvalue weighted by Crippen LogP contribution is -2.34. The second kappa shape index (κ2) is 5.98. The quantitative estimate of drug-likeness (QED) is 0.761. The Balaban J connectivity index is 2.74. The van der Waals surface area contributed by atoms with Gasteiger partial charge < -0.3 is 5.32 Å². The molecule has 1 atom stereocenters. The molecular weight excluding hydrogens is 200 g/mol. The van der Waals surface area contributed by atoms with Crippen molar-refractivity contribution in [3.05, 3.63) is 42.0 Å². The Morgan fingerprint density at radius 2 is 2.12 bits per heavy atom. The van der Waals surface area contributed by atoms with Crippen molar-refractivity contribution >= 4 is 18.7 Å². The first-order valence-corrected chi connectivity index (χ1v) is 5.10. The van der Waals surface area contributed by atoms with E-state index in [1.165, 1.54) is 0 Å². The van der Waals surface area contributed by atoms with Crippen LogP contribution in [0.15, 0.2) is 35.8 Å². The van der Waals surface area contributed by atoms with Crippen molar-refractivity contribution in [2.75, 3.05) is 7.05 Å². The summed E-state index contributed by atoms with van der Waals surface area (Å²) in [5.74, 6) is -0.227. The number of carbonyl (C=O) groups excluding carboxylic acids is 1. The number of carbonyl (C=O) groups is 1. The van der Waals surface area contributed by atoms with Gasteiger partial charge in [0.25, 0.3) is 5.91 Å². The van der Waals surface area contributed by atoms with Gasteiger partial charge in [-0.1, -0.05) is 36.9 Å². The molecule has 84 valence electrons. The molecule has 0 spiro atoms. The summed E-state index contributed by atoms with van der Waals surface area (Å²) in [5, 5.41) is 2.93. The SMILES string of the molecule is C=Cc1ccc(CC(NC)C(=O)N=C)cc1. The number of nitrogens with zero attached hydrogens (tertiary/aromatic N) is 1. The molecule has 1 aromatic rings. The fourth-order valence-corrected chi connectivity index (χ4v) is 1.45. The van der Waals surface area contributed by atoms with Gasteiger partial charge in [-0.15, -0.1) is 0 Å². The molecule has 16 heavy (non-hydrogen) atoms. The van der Waals surface area contributed by atoms with Crippen LogP contribution in [-0.4, -0.2) is 25.7 Å². The Bertz CT molecular complexity index is 381. The molecule has 1 rings (SSSR count). The molecule has 0 bridgehead atoms. The zero-order valence-corrected chi connectivity index (χ0v) is 9.44. The average Bonchev–Trinajstić information content (AvgIpc) is 2.35. The molecule has 3 heteroatoms. The second-order valence-corrected chi connectivity index (χ2v) is 3.49. The van der Waals surface area contributed by atoms with Crippen LogP contribution in [0.2, 0.25) is 0 Å². The number of amides is 1. The summed E-state index contributed by atoms with van der Waals surface area (Å²) in [6.45, 7) is 6.94. The summed E-state index contributed by atoms with van der Waals surface area (Å²) in [6.07, 6.45) is 2.40. The van der Waals surface area contributed by atoms with Gasteiger partial charge in [-0.25, -0.2) is 4.99 Å². The molecular formula is C13H16N2O. The number of benzene rings is 1. The molecule has 3 nitrogen and oxygen atoms in total. The Labute approximate surface area is 95.9 Å². The van der Waals surface area contributed by atoms with E-state index in [2.05, 4.69) is 23.6 Å². The van der Waals surface area contributed by atoms with Crippen molar-refractivity contribution < 1.29 is 4.79 Å². The van der Waals surface area contributed by atoms with Gasteiger partial charge in [0.2, 0.25) is 0 Å². The van der Waals surface area contributed by atoms with Crippen LogP contribution in [0.4, 0.5) is 0 Å². The van der Waals surface area contributed by atoms with Crippen LogP contribution < -0.4 is 5.32 Å². The highest BCUT2D eigenvalue weighted by Gasteiger charge is 2.14. The summed E-state index contributed by atoms with van der Waals surface area (Å²) in [7, 11) is 1.74. The number of nitrogens with one attached hydrogen (secondary N) is 1. The van der Waals surface area contributed by atoms with Gasteiger partial charge in [-0.3, -0.25) is 4.79 Å². The van der Waals surface area contributed by atoms with E-state index in [4.69, 9.17) is 0 Å². The monoisotopic (exact) mass is 216 g/mol. The minimum atomic E-state index is -0.299. The van der Waals surface area contributed by atoms with Gasteiger partial charge >= 0.3 is 0 Å². The first-order chi connectivity index (χ1) is 7.71. The topological polar surface area (TPSA) is 41.5 Å². The van der Waals surface area contributed by atoms with Gasteiger partial charge in [-0.05, 0) is 31.3 Å². The molecule has 0 radical (unpaired) electrons. The minimum Gasteiger partial charge on any atom is -0.309 e. The van der Waals surface area contributed by atoms with Crippen molar-refractivity contribution in [3.63, 3.8) is 0 Å². The minimum absolute atomic E-state index is 0.227. The van der Waals surface area contributed by atoms with Gasteiger partial charge in [0, 0.05) is 0 Å². The Morgan fingerprint density at radius 1 is 1.50 bits per heavy atom. The van der Waals surface area contributed by atoms with Crippen LogP contribution in [0.25, 0.3) is 6.08 Å². The highest BCUT2D eigenvalue weighted by atomic mass is 16.1. The summed E-state index contributed by atoms with van der Waals surface area (Å²) in [6, 6.07) is 7.61. The van der Waals surface area contributed by atoms with E-state index < -0.39 is 0 Å². The van der Waals surface area contributed by atoms with Crippen LogP contribution in [-0.2, 0) is 11.2 Å². The smallest absolute Gasteiger partial charge is 0.262 e. The zero-order valence-electron chi connectivity index (χ0n) is 9.44. The molecule has 0 aliphatic carbocycles. The van der Waals surface area contributed by atoms with Crippen LogP contribution in [0.1, 0.15) is 11.1 Å². The predicted molar refractivity (Wildman–Crippen MR) is 67.6 cm³/mol. The first-order valence-electron chi connectivity index (χ1n) is 5.10. The fraction of sp³-hybridized carbons (Fsp3) is 0.231. The van der Waals surface area contributed by atoms with Gasteiger partial charge in [0.15, 0.2) is 0 Å². The van der Waals surface area contributed by atoms with Crippen LogP contribution >= 0.6 is 0 Å². The molecule has 1 aromatic carbocycles. The maximum Gasteiger partial charge on any atom is 0.262 e. The van der Waals surface area contributed by atoms with E-state index in [9.17, 15) is 4.79 Å². The van der Waals surface area contributed by atoms with E-state index in [1.807, 2.05) is 24.3 Å². The van der Waals surface area contributed by atoms with E-state index >= 15 is 0 Å². The van der Waals surface area contributed by atoms with Crippen molar-refractivity contribution in [2.45, 2.75) is 12.5 Å². The molecule has 0 saturated carbocycles. The number of hydrogen-bond donors (Lipinski definition) is 1. The van der Waals surface area contributed by atoms with E-state index in [-0.39, 0.29) is 11.9 Å². The van der Waals surface area contributed by atoms with Crippen LogP contribution in [0.3, 0.4) is 0 Å². The average molecular weight is 216 g/mol. The number of likely N-dealkylation sites (N-methyl/N-ethyl adjacent to an activating group) is 1. The molecule has 1 amide bonds. The highest BCUT2D eigenvalue weighted by molar-refractivity contribution is 5.85. The number of aliphatic imine (C=N–C) groups is 1. The zero-order chi connectivity index (χ0) is 12.0. The van der Waals surface area contributed by atoms with Crippen molar-refractivity contribution in [3.8, 4) is 0 Å². The second-order valence-electron chi connectivity index (χ2n) is 3.49. The molecule has 0 fully saturated rings. The Hall–Kier alpha value is -1.74. The maximum absolute atomic E-state index is 11.4. The summed E-state index contributed by atoms with van der Waals surface area (Å²) >= 11 is 0. The number of rotatable bonds is 5. The molecule has 0 saturated heterocycles. The molecule has 1 N–H and O–H groups in total. The van der Waals surface area contributed by atoms with Gasteiger partial charge in [-0.2, -0.15) is 0 Å². The molecule has 0 aliphatic heterocycles. The molecule has 1 unspecified atom stereocenters. The maximum atomic E-state index is 11.4. The highest BCUT2D eigenvalue weighted by Crippen LogP contribution is 2.08. The van der Waals surface area contributed by atoms with Gasteiger partial charge in [0.1, 0.15) is 0 Å². The fourth-order valence-electron chi connectivity index (χ4n) is 1.45. The Kier molecular flexibility index (Phi) is 4.61. The van der Waals surface area contributed by atoms with Crippen molar-refractivity contribution in [1.82, 2.24) is 5.32 Å². The summed E-state index contributed by atoms with van der Waals surface area (Å²) in [5.41, 5.74) is 2.15. The largest absolute Gasteiger partial charge is 0.309 e. The summed E-state index contributed by atoms with van der Waals surface area (Å²) < 4.78 is 0. The molecule has 0 aromatic heterocycles. The lowest BCUT2D eigenvalue weighted by Gasteiger charge is -2.11. The van der Waals surface area contributed by atoms with Crippen molar-refractivity contribution in [1.29, 1.82) is 0 Å². The normalized spacial score (nSPS) is 11.8. The van der Waals surface area contributed by atoms with Crippen LogP contribution in [0, 0.1) is 0 Å². The van der Waals surface area contributed by atoms with Crippen molar-refractivity contribution in [2.24, 2.45) is 4.99 Å². The molecule has 0 aliphatic rings. The van der Waals surface area contributed by atoms with Crippen LogP contribution in [0.5, 0.6) is 0 Å². The summed E-state index contributed by atoms with van der Waals surface area (Å²) in [4.78, 5) is 14.8. The van der Waals surface area contributed by atoms with E-state index in [0.717, 1.165) is 11.1 Å². The van der Waals surface area contributed by atoms with E-state index in [1.54, 1.807) is 13.1 Å².